The Balaban J connectivity index is 2.93. The summed E-state index contributed by atoms with van der Waals surface area (Å²) in [7, 11) is -1.24. The zero-order valence-electron chi connectivity index (χ0n) is 9.95. The maximum absolute atomic E-state index is 11.7. The van der Waals surface area contributed by atoms with Gasteiger partial charge in [-0.2, -0.15) is 4.40 Å². The fourth-order valence-corrected chi connectivity index (χ4v) is 1.72. The summed E-state index contributed by atoms with van der Waals surface area (Å²) in [6, 6.07) is 5.67. The molecule has 2 nitrogen and oxygen atoms in total. The Bertz CT molecular complexity index is 435. The number of rotatable bonds is 2. The molecule has 0 aliphatic carbocycles. The zero-order valence-corrected chi connectivity index (χ0v) is 11.5. The van der Waals surface area contributed by atoms with Gasteiger partial charge in [0, 0.05) is 16.8 Å². The third-order valence-electron chi connectivity index (χ3n) is 1.96. The van der Waals surface area contributed by atoms with Crippen molar-refractivity contribution in [1.82, 2.24) is 0 Å². The number of benzene rings is 1. The predicted molar refractivity (Wildman–Crippen MR) is 71.7 cm³/mol. The van der Waals surface area contributed by atoms with Gasteiger partial charge in [-0.15, -0.1) is 0 Å². The van der Waals surface area contributed by atoms with Crippen LogP contribution in [0.5, 0.6) is 0 Å². The molecule has 88 valence electrons. The second-order valence-electron chi connectivity index (χ2n) is 4.62. The van der Waals surface area contributed by atoms with Crippen molar-refractivity contribution in [3.05, 3.63) is 34.3 Å². The van der Waals surface area contributed by atoms with Gasteiger partial charge in [0.2, 0.25) is 0 Å². The first-order valence-electron chi connectivity index (χ1n) is 5.03. The molecule has 0 heterocycles. The van der Waals surface area contributed by atoms with Crippen LogP contribution in [-0.4, -0.2) is 15.2 Å². The van der Waals surface area contributed by atoms with E-state index in [0.717, 1.165) is 11.1 Å². The molecule has 0 saturated heterocycles. The lowest BCUT2D eigenvalue weighted by Crippen LogP contribution is -2.19. The zero-order chi connectivity index (χ0) is 12.3. The van der Waals surface area contributed by atoms with E-state index in [4.69, 9.17) is 11.6 Å². The van der Waals surface area contributed by atoms with Crippen LogP contribution in [-0.2, 0) is 11.0 Å². The molecule has 0 unspecified atom stereocenters. The van der Waals surface area contributed by atoms with Gasteiger partial charge in [-0.05, 0) is 39.8 Å². The Morgan fingerprint density at radius 3 is 2.56 bits per heavy atom. The van der Waals surface area contributed by atoms with Crippen molar-refractivity contribution in [2.24, 2.45) is 4.40 Å². The maximum Gasteiger partial charge on any atom is 0.144 e. The highest BCUT2D eigenvalue weighted by Gasteiger charge is 2.18. The predicted octanol–water partition coefficient (Wildman–Crippen LogP) is 3.53. The van der Waals surface area contributed by atoms with Crippen LogP contribution in [0.25, 0.3) is 0 Å². The van der Waals surface area contributed by atoms with E-state index >= 15 is 0 Å². The summed E-state index contributed by atoms with van der Waals surface area (Å²) >= 11 is 6.00. The lowest BCUT2D eigenvalue weighted by Gasteiger charge is -2.12. The van der Waals surface area contributed by atoms with Gasteiger partial charge in [0.15, 0.2) is 0 Å². The Labute approximate surface area is 104 Å². The van der Waals surface area contributed by atoms with Crippen LogP contribution in [0.15, 0.2) is 22.6 Å². The summed E-state index contributed by atoms with van der Waals surface area (Å²) in [4.78, 5) is 0. The normalized spacial score (nSPS) is 14.3. The standard InChI is InChI=1S/C12H16ClNOS/c1-9-5-6-11(13)10(7-9)8-14-16(15)12(2,3)4/h5-8H,1-4H3/t16-/m0/s1. The molecule has 0 spiro atoms. The molecule has 0 aliphatic rings. The number of hydrogen-bond acceptors (Lipinski definition) is 1. The summed E-state index contributed by atoms with van der Waals surface area (Å²) in [5, 5.41) is 0.625. The largest absolute Gasteiger partial charge is 0.234 e. The highest BCUT2D eigenvalue weighted by atomic mass is 35.5. The van der Waals surface area contributed by atoms with E-state index in [1.54, 1.807) is 6.21 Å². The average molecular weight is 258 g/mol. The maximum atomic E-state index is 11.7. The van der Waals surface area contributed by atoms with Crippen molar-refractivity contribution in [3.63, 3.8) is 0 Å². The molecule has 1 rings (SSSR count). The van der Waals surface area contributed by atoms with Gasteiger partial charge in [0.25, 0.3) is 0 Å². The van der Waals surface area contributed by atoms with Crippen molar-refractivity contribution in [1.29, 1.82) is 0 Å². The van der Waals surface area contributed by atoms with Gasteiger partial charge >= 0.3 is 0 Å². The molecule has 1 aromatic rings. The third-order valence-corrected chi connectivity index (χ3v) is 3.65. The van der Waals surface area contributed by atoms with E-state index in [2.05, 4.69) is 4.40 Å². The molecule has 0 amide bonds. The van der Waals surface area contributed by atoms with E-state index < -0.39 is 11.0 Å². The second-order valence-corrected chi connectivity index (χ2v) is 6.96. The molecule has 0 aliphatic heterocycles. The van der Waals surface area contributed by atoms with Gasteiger partial charge < -0.3 is 0 Å². The molecule has 16 heavy (non-hydrogen) atoms. The minimum atomic E-state index is -1.24. The lowest BCUT2D eigenvalue weighted by molar-refractivity contribution is 0.651. The van der Waals surface area contributed by atoms with Gasteiger partial charge in [-0.3, -0.25) is 0 Å². The van der Waals surface area contributed by atoms with Gasteiger partial charge in [-0.25, -0.2) is 4.21 Å². The summed E-state index contributed by atoms with van der Waals surface area (Å²) in [6.45, 7) is 7.64. The summed E-state index contributed by atoms with van der Waals surface area (Å²) in [5.41, 5.74) is 1.91. The Morgan fingerprint density at radius 1 is 1.38 bits per heavy atom. The molecule has 0 aromatic heterocycles. The number of halogens is 1. The third kappa shape index (κ3) is 3.72. The van der Waals surface area contributed by atoms with Gasteiger partial charge in [0.1, 0.15) is 11.0 Å². The molecule has 4 heteroatoms. The molecule has 0 saturated carbocycles. The van der Waals surface area contributed by atoms with Crippen molar-refractivity contribution in [2.45, 2.75) is 32.4 Å². The first-order valence-corrected chi connectivity index (χ1v) is 6.51. The molecule has 0 fully saturated rings. The Kier molecular flexibility index (Phi) is 4.28. The quantitative estimate of drug-likeness (QED) is 0.746. The number of aryl methyl sites for hydroxylation is 1. The van der Waals surface area contributed by atoms with Crippen LogP contribution in [0.4, 0.5) is 0 Å². The highest BCUT2D eigenvalue weighted by Crippen LogP contribution is 2.17. The van der Waals surface area contributed by atoms with Crippen LogP contribution in [0.1, 0.15) is 31.9 Å². The van der Waals surface area contributed by atoms with E-state index in [1.165, 1.54) is 0 Å². The summed E-state index contributed by atoms with van der Waals surface area (Å²) in [5.74, 6) is 0. The number of hydrogen-bond donors (Lipinski definition) is 0. The summed E-state index contributed by atoms with van der Waals surface area (Å²) < 4.78 is 15.4. The monoisotopic (exact) mass is 257 g/mol. The van der Waals surface area contributed by atoms with Crippen LogP contribution < -0.4 is 0 Å². The summed E-state index contributed by atoms with van der Waals surface area (Å²) in [6.07, 6.45) is 1.58. The van der Waals surface area contributed by atoms with Gasteiger partial charge in [-0.1, -0.05) is 23.2 Å². The molecule has 0 bridgehead atoms. The number of nitrogens with zero attached hydrogens (tertiary/aromatic N) is 1. The van der Waals surface area contributed by atoms with Crippen LogP contribution in [0.3, 0.4) is 0 Å². The highest BCUT2D eigenvalue weighted by molar-refractivity contribution is 7.85. The first-order chi connectivity index (χ1) is 7.30. The minimum absolute atomic E-state index is 0.340. The van der Waals surface area contributed by atoms with E-state index in [-0.39, 0.29) is 4.75 Å². The van der Waals surface area contributed by atoms with Crippen LogP contribution >= 0.6 is 11.6 Å². The van der Waals surface area contributed by atoms with Crippen LogP contribution in [0.2, 0.25) is 5.02 Å². The molecule has 0 N–H and O–H groups in total. The van der Waals surface area contributed by atoms with Gasteiger partial charge in [0.05, 0.1) is 4.75 Å². The molecule has 0 radical (unpaired) electrons. The van der Waals surface area contributed by atoms with Crippen molar-refractivity contribution < 1.29 is 4.21 Å². The molecular weight excluding hydrogens is 242 g/mol. The lowest BCUT2D eigenvalue weighted by atomic mass is 10.1. The van der Waals surface area contributed by atoms with Crippen molar-refractivity contribution in [2.75, 3.05) is 0 Å². The molecular formula is C12H16ClNOS. The first kappa shape index (κ1) is 13.4. The second kappa shape index (κ2) is 5.11. The van der Waals surface area contributed by atoms with E-state index in [9.17, 15) is 4.21 Å². The fourth-order valence-electron chi connectivity index (χ4n) is 1.02. The van der Waals surface area contributed by atoms with Crippen molar-refractivity contribution >= 4 is 28.8 Å². The Morgan fingerprint density at radius 2 is 2.00 bits per heavy atom. The van der Waals surface area contributed by atoms with E-state index in [1.807, 2.05) is 45.9 Å². The van der Waals surface area contributed by atoms with Crippen molar-refractivity contribution in [3.8, 4) is 0 Å². The molecule has 1 atom stereocenters. The Hall–Kier alpha value is -0.670. The van der Waals surface area contributed by atoms with Crippen LogP contribution in [0, 0.1) is 6.92 Å². The fraction of sp³-hybridized carbons (Fsp3) is 0.417. The SMILES string of the molecule is Cc1ccc(Cl)c(C=N[S@@](=O)C(C)(C)C)c1. The minimum Gasteiger partial charge on any atom is -0.234 e. The van der Waals surface area contributed by atoms with E-state index in [0.29, 0.717) is 5.02 Å². The molecule has 1 aromatic carbocycles. The smallest absolute Gasteiger partial charge is 0.144 e. The topological polar surface area (TPSA) is 29.4 Å². The average Bonchev–Trinajstić information content (AvgIpc) is 2.17.